The van der Waals surface area contributed by atoms with Gasteiger partial charge >= 0.3 is 0 Å². The number of aromatic nitrogens is 2. The van der Waals surface area contributed by atoms with Crippen molar-refractivity contribution in [3.8, 4) is 17.3 Å². The van der Waals surface area contributed by atoms with E-state index >= 15 is 0 Å². The summed E-state index contributed by atoms with van der Waals surface area (Å²) in [6.45, 7) is 1.52. The first-order chi connectivity index (χ1) is 9.53. The van der Waals surface area contributed by atoms with E-state index in [1.807, 2.05) is 30.3 Å². The summed E-state index contributed by atoms with van der Waals surface area (Å²) in [4.78, 5) is 0. The summed E-state index contributed by atoms with van der Waals surface area (Å²) in [5.41, 5.74) is 2.69. The highest BCUT2D eigenvalue weighted by atomic mass is 32.2. The average molecular weight is 290 g/mol. The predicted octanol–water partition coefficient (Wildman–Crippen LogP) is 1.41. The lowest BCUT2D eigenvalue weighted by atomic mass is 10.1. The van der Waals surface area contributed by atoms with Crippen molar-refractivity contribution in [2.45, 2.75) is 18.7 Å². The van der Waals surface area contributed by atoms with E-state index in [0.717, 1.165) is 16.8 Å². The number of aromatic amines is 1. The molecular formula is C13H14N4O2S. The highest BCUT2D eigenvalue weighted by molar-refractivity contribution is 7.90. The molecule has 0 aliphatic heterocycles. The normalized spacial score (nSPS) is 12.8. The Hall–Kier alpha value is -2.17. The van der Waals surface area contributed by atoms with E-state index in [2.05, 4.69) is 14.9 Å². The van der Waals surface area contributed by atoms with Gasteiger partial charge in [-0.05, 0) is 24.1 Å². The first-order valence-electron chi connectivity index (χ1n) is 6.00. The summed E-state index contributed by atoms with van der Waals surface area (Å²) < 4.78 is 25.7. The fourth-order valence-corrected chi connectivity index (χ4v) is 2.35. The van der Waals surface area contributed by atoms with Crippen molar-refractivity contribution in [3.63, 3.8) is 0 Å². The molecule has 0 spiro atoms. The van der Waals surface area contributed by atoms with Crippen LogP contribution in [0.5, 0.6) is 0 Å². The Kier molecular flexibility index (Phi) is 4.17. The summed E-state index contributed by atoms with van der Waals surface area (Å²) in [6.07, 6.45) is 1.67. The van der Waals surface area contributed by atoms with Crippen LogP contribution in [0.25, 0.3) is 11.3 Å². The van der Waals surface area contributed by atoms with E-state index in [1.54, 1.807) is 12.3 Å². The molecule has 1 heterocycles. The van der Waals surface area contributed by atoms with Crippen LogP contribution in [0.3, 0.4) is 0 Å². The van der Waals surface area contributed by atoms with Crippen LogP contribution in [0.1, 0.15) is 12.5 Å². The minimum absolute atomic E-state index is 0.164. The minimum Gasteiger partial charge on any atom is -0.278 e. The Balaban J connectivity index is 2.04. The molecule has 2 N–H and O–H groups in total. The molecule has 1 atom stereocenters. The Morgan fingerprint density at radius 2 is 2.05 bits per heavy atom. The van der Waals surface area contributed by atoms with Gasteiger partial charge in [-0.25, -0.2) is 13.1 Å². The van der Waals surface area contributed by atoms with E-state index < -0.39 is 15.3 Å². The van der Waals surface area contributed by atoms with Crippen molar-refractivity contribution < 1.29 is 8.42 Å². The molecule has 20 heavy (non-hydrogen) atoms. The molecule has 7 heteroatoms. The van der Waals surface area contributed by atoms with Gasteiger partial charge in [-0.1, -0.05) is 24.3 Å². The molecule has 0 saturated heterocycles. The van der Waals surface area contributed by atoms with Crippen LogP contribution in [0.2, 0.25) is 0 Å². The number of hydrogen-bond donors (Lipinski definition) is 2. The molecular weight excluding hydrogens is 276 g/mol. The molecule has 1 aromatic heterocycles. The van der Waals surface area contributed by atoms with Crippen molar-refractivity contribution in [2.24, 2.45) is 0 Å². The Bertz CT molecular complexity index is 700. The Labute approximate surface area is 117 Å². The molecule has 0 aliphatic rings. The minimum atomic E-state index is -3.59. The lowest BCUT2D eigenvalue weighted by Gasteiger charge is -2.08. The van der Waals surface area contributed by atoms with Gasteiger partial charge in [-0.3, -0.25) is 5.10 Å². The van der Waals surface area contributed by atoms with Gasteiger partial charge in [0.2, 0.25) is 10.0 Å². The zero-order valence-corrected chi connectivity index (χ0v) is 11.7. The van der Waals surface area contributed by atoms with Crippen molar-refractivity contribution in [1.29, 1.82) is 5.26 Å². The molecule has 2 rings (SSSR count). The smallest absolute Gasteiger partial charge is 0.227 e. The molecule has 2 aromatic rings. The lowest BCUT2D eigenvalue weighted by Crippen LogP contribution is -2.31. The van der Waals surface area contributed by atoms with Gasteiger partial charge in [0.1, 0.15) is 0 Å². The molecule has 0 amide bonds. The van der Waals surface area contributed by atoms with Crippen LogP contribution in [0.4, 0.5) is 0 Å². The summed E-state index contributed by atoms with van der Waals surface area (Å²) in [5, 5.41) is 14.3. The van der Waals surface area contributed by atoms with E-state index in [1.165, 1.54) is 6.92 Å². The number of hydrogen-bond acceptors (Lipinski definition) is 4. The number of sulfonamides is 1. The second-order valence-corrected chi connectivity index (χ2v) is 6.39. The van der Waals surface area contributed by atoms with E-state index in [9.17, 15) is 8.42 Å². The number of nitrogens with zero attached hydrogens (tertiary/aromatic N) is 2. The SMILES string of the molecule is CC(C#N)S(=O)(=O)NCc1ccc(-c2ccn[nH]2)cc1. The van der Waals surface area contributed by atoms with Gasteiger partial charge in [-0.2, -0.15) is 10.4 Å². The molecule has 0 saturated carbocycles. The summed E-state index contributed by atoms with van der Waals surface area (Å²) in [6, 6.07) is 11.0. The quantitative estimate of drug-likeness (QED) is 0.869. The Morgan fingerprint density at radius 1 is 1.35 bits per heavy atom. The molecule has 1 unspecified atom stereocenters. The lowest BCUT2D eigenvalue weighted by molar-refractivity contribution is 0.577. The van der Waals surface area contributed by atoms with Crippen molar-refractivity contribution in [1.82, 2.24) is 14.9 Å². The summed E-state index contributed by atoms with van der Waals surface area (Å²) in [7, 11) is -3.59. The van der Waals surface area contributed by atoms with Gasteiger partial charge in [0, 0.05) is 12.7 Å². The summed E-state index contributed by atoms with van der Waals surface area (Å²) in [5.74, 6) is 0. The third-order valence-electron chi connectivity index (χ3n) is 2.89. The maximum Gasteiger partial charge on any atom is 0.227 e. The van der Waals surface area contributed by atoms with Crippen LogP contribution >= 0.6 is 0 Å². The zero-order chi connectivity index (χ0) is 14.6. The van der Waals surface area contributed by atoms with E-state index in [-0.39, 0.29) is 6.54 Å². The van der Waals surface area contributed by atoms with Crippen molar-refractivity contribution in [3.05, 3.63) is 42.1 Å². The third-order valence-corrected chi connectivity index (χ3v) is 4.47. The summed E-state index contributed by atoms with van der Waals surface area (Å²) >= 11 is 0. The highest BCUT2D eigenvalue weighted by Gasteiger charge is 2.19. The van der Waals surface area contributed by atoms with Crippen molar-refractivity contribution >= 4 is 10.0 Å². The molecule has 6 nitrogen and oxygen atoms in total. The van der Waals surface area contributed by atoms with Crippen LogP contribution < -0.4 is 4.72 Å². The Morgan fingerprint density at radius 3 is 2.60 bits per heavy atom. The standard InChI is InChI=1S/C13H14N4O2S/c1-10(8-14)20(18,19)16-9-11-2-4-12(5-3-11)13-6-7-15-17-13/h2-7,10,16H,9H2,1H3,(H,15,17). The second kappa shape index (κ2) is 5.86. The van der Waals surface area contributed by atoms with Gasteiger partial charge in [-0.15, -0.1) is 0 Å². The number of nitriles is 1. The van der Waals surface area contributed by atoms with E-state index in [0.29, 0.717) is 0 Å². The van der Waals surface area contributed by atoms with E-state index in [4.69, 9.17) is 5.26 Å². The van der Waals surface area contributed by atoms with Gasteiger partial charge in [0.15, 0.2) is 5.25 Å². The fourth-order valence-electron chi connectivity index (χ4n) is 1.60. The van der Waals surface area contributed by atoms with Gasteiger partial charge in [0.25, 0.3) is 0 Å². The topological polar surface area (TPSA) is 98.6 Å². The molecule has 0 aliphatic carbocycles. The number of benzene rings is 1. The molecule has 1 aromatic carbocycles. The van der Waals surface area contributed by atoms with Crippen LogP contribution in [-0.4, -0.2) is 23.9 Å². The average Bonchev–Trinajstić information content (AvgIpc) is 2.99. The molecule has 0 bridgehead atoms. The zero-order valence-electron chi connectivity index (χ0n) is 10.9. The monoisotopic (exact) mass is 290 g/mol. The molecule has 104 valence electrons. The number of nitrogens with one attached hydrogen (secondary N) is 2. The van der Waals surface area contributed by atoms with Crippen LogP contribution in [0.15, 0.2) is 36.5 Å². The number of H-pyrrole nitrogens is 1. The largest absolute Gasteiger partial charge is 0.278 e. The first-order valence-corrected chi connectivity index (χ1v) is 7.54. The van der Waals surface area contributed by atoms with Gasteiger partial charge in [0.05, 0.1) is 11.8 Å². The second-order valence-electron chi connectivity index (χ2n) is 4.30. The predicted molar refractivity (Wildman–Crippen MR) is 74.9 cm³/mol. The third kappa shape index (κ3) is 3.23. The van der Waals surface area contributed by atoms with Crippen molar-refractivity contribution in [2.75, 3.05) is 0 Å². The van der Waals surface area contributed by atoms with Gasteiger partial charge < -0.3 is 0 Å². The maximum absolute atomic E-state index is 11.6. The molecule has 0 fully saturated rings. The fraction of sp³-hybridized carbons (Fsp3) is 0.231. The number of rotatable bonds is 5. The first kappa shape index (κ1) is 14.2. The molecule has 0 radical (unpaired) electrons. The maximum atomic E-state index is 11.6. The highest BCUT2D eigenvalue weighted by Crippen LogP contribution is 2.16. The van der Waals surface area contributed by atoms with Crippen LogP contribution in [0, 0.1) is 11.3 Å². The van der Waals surface area contributed by atoms with Crippen LogP contribution in [-0.2, 0) is 16.6 Å².